The molecular formula is C12H9Cl2FN2O2S. The van der Waals surface area contributed by atoms with Crippen LogP contribution in [0.1, 0.15) is 0 Å². The first-order valence-electron chi connectivity index (χ1n) is 5.32. The minimum Gasteiger partial charge on any atom is -0.399 e. The summed E-state index contributed by atoms with van der Waals surface area (Å²) in [6.45, 7) is 0. The molecule has 0 unspecified atom stereocenters. The molecule has 0 saturated heterocycles. The average molecular weight is 335 g/mol. The lowest BCUT2D eigenvalue weighted by Gasteiger charge is -2.10. The van der Waals surface area contributed by atoms with Gasteiger partial charge >= 0.3 is 0 Å². The van der Waals surface area contributed by atoms with E-state index in [0.29, 0.717) is 0 Å². The number of hydrogen-bond acceptors (Lipinski definition) is 3. The molecule has 0 aliphatic rings. The first-order chi connectivity index (χ1) is 9.28. The number of anilines is 2. The molecule has 0 aromatic heterocycles. The van der Waals surface area contributed by atoms with E-state index >= 15 is 0 Å². The Kier molecular flexibility index (Phi) is 4.08. The molecule has 8 heteroatoms. The van der Waals surface area contributed by atoms with Crippen LogP contribution < -0.4 is 10.5 Å². The summed E-state index contributed by atoms with van der Waals surface area (Å²) in [5.41, 5.74) is 5.47. The fourth-order valence-corrected chi connectivity index (χ4v) is 3.29. The third-order valence-electron chi connectivity index (χ3n) is 2.38. The van der Waals surface area contributed by atoms with Crippen LogP contribution >= 0.6 is 23.2 Å². The molecule has 0 aliphatic heterocycles. The quantitative estimate of drug-likeness (QED) is 0.843. The molecule has 20 heavy (non-hydrogen) atoms. The second kappa shape index (κ2) is 5.47. The van der Waals surface area contributed by atoms with E-state index < -0.39 is 15.8 Å². The van der Waals surface area contributed by atoms with Crippen molar-refractivity contribution in [2.24, 2.45) is 0 Å². The Labute approximate surface area is 125 Å². The maximum atomic E-state index is 13.5. The van der Waals surface area contributed by atoms with E-state index in [-0.39, 0.29) is 26.3 Å². The standard InChI is InChI=1S/C12H9Cl2FN2O2S/c13-7-3-8(14)5-10(4-7)20(18,19)17-12-6-9(16)1-2-11(12)15/h1-6,17H,16H2. The molecule has 0 aliphatic carbocycles. The largest absolute Gasteiger partial charge is 0.399 e. The van der Waals surface area contributed by atoms with E-state index in [2.05, 4.69) is 4.72 Å². The second-order valence-corrected chi connectivity index (χ2v) is 6.51. The van der Waals surface area contributed by atoms with Crippen LogP contribution in [-0.4, -0.2) is 8.42 Å². The van der Waals surface area contributed by atoms with E-state index in [1.807, 2.05) is 0 Å². The van der Waals surface area contributed by atoms with Gasteiger partial charge in [0.1, 0.15) is 5.82 Å². The highest BCUT2D eigenvalue weighted by atomic mass is 35.5. The maximum Gasteiger partial charge on any atom is 0.262 e. The van der Waals surface area contributed by atoms with Crippen LogP contribution in [0.5, 0.6) is 0 Å². The first-order valence-corrected chi connectivity index (χ1v) is 7.56. The van der Waals surface area contributed by atoms with Crippen molar-refractivity contribution in [1.82, 2.24) is 0 Å². The van der Waals surface area contributed by atoms with Crippen LogP contribution in [0, 0.1) is 5.82 Å². The lowest BCUT2D eigenvalue weighted by molar-refractivity contribution is 0.598. The third kappa shape index (κ3) is 3.33. The molecule has 2 aromatic rings. The minimum absolute atomic E-state index is 0.158. The zero-order chi connectivity index (χ0) is 14.9. The summed E-state index contributed by atoms with van der Waals surface area (Å²) in [5, 5.41) is 0.317. The van der Waals surface area contributed by atoms with E-state index in [4.69, 9.17) is 28.9 Å². The van der Waals surface area contributed by atoms with Crippen molar-refractivity contribution in [2.45, 2.75) is 4.90 Å². The van der Waals surface area contributed by atoms with Gasteiger partial charge in [0, 0.05) is 15.7 Å². The molecule has 3 N–H and O–H groups in total. The first kappa shape index (κ1) is 14.9. The highest BCUT2D eigenvalue weighted by Crippen LogP contribution is 2.25. The number of benzene rings is 2. The maximum absolute atomic E-state index is 13.5. The van der Waals surface area contributed by atoms with Crippen molar-refractivity contribution in [3.63, 3.8) is 0 Å². The molecule has 0 fully saturated rings. The molecule has 0 heterocycles. The van der Waals surface area contributed by atoms with Gasteiger partial charge in [0.25, 0.3) is 10.0 Å². The van der Waals surface area contributed by atoms with Crippen molar-refractivity contribution in [3.05, 3.63) is 52.3 Å². The van der Waals surface area contributed by atoms with Crippen molar-refractivity contribution >= 4 is 44.6 Å². The lowest BCUT2D eigenvalue weighted by atomic mass is 10.3. The topological polar surface area (TPSA) is 72.2 Å². The minimum atomic E-state index is -4.01. The Hall–Kier alpha value is -1.50. The van der Waals surface area contributed by atoms with Crippen molar-refractivity contribution in [3.8, 4) is 0 Å². The Morgan fingerprint density at radius 1 is 1.05 bits per heavy atom. The molecule has 2 rings (SSSR count). The lowest BCUT2D eigenvalue weighted by Crippen LogP contribution is -2.14. The molecule has 4 nitrogen and oxygen atoms in total. The van der Waals surface area contributed by atoms with Crippen molar-refractivity contribution < 1.29 is 12.8 Å². The molecule has 0 radical (unpaired) electrons. The SMILES string of the molecule is Nc1ccc(F)c(NS(=O)(=O)c2cc(Cl)cc(Cl)c2)c1. The van der Waals surface area contributed by atoms with Gasteiger partial charge in [0.15, 0.2) is 0 Å². The molecule has 0 saturated carbocycles. The number of nitrogens with one attached hydrogen (secondary N) is 1. The molecule has 2 aromatic carbocycles. The fraction of sp³-hybridized carbons (Fsp3) is 0. The molecule has 106 valence electrons. The summed E-state index contributed by atoms with van der Waals surface area (Å²) in [6, 6.07) is 7.38. The molecule has 0 atom stereocenters. The number of nitrogens with two attached hydrogens (primary N) is 1. The van der Waals surface area contributed by atoms with Gasteiger partial charge < -0.3 is 5.73 Å². The summed E-state index contributed by atoms with van der Waals surface area (Å²) in [7, 11) is -4.01. The normalized spacial score (nSPS) is 11.3. The summed E-state index contributed by atoms with van der Waals surface area (Å²) in [6.07, 6.45) is 0. The number of halogens is 3. The summed E-state index contributed by atoms with van der Waals surface area (Å²) >= 11 is 11.5. The smallest absolute Gasteiger partial charge is 0.262 e. The van der Waals surface area contributed by atoms with Crippen LogP contribution in [0.3, 0.4) is 0 Å². The van der Waals surface area contributed by atoms with Gasteiger partial charge in [0.05, 0.1) is 10.6 Å². The van der Waals surface area contributed by atoms with Crippen LogP contribution in [0.4, 0.5) is 15.8 Å². The average Bonchev–Trinajstić information content (AvgIpc) is 2.32. The third-order valence-corrected chi connectivity index (χ3v) is 4.16. The molecule has 0 bridgehead atoms. The van der Waals surface area contributed by atoms with E-state index in [1.165, 1.54) is 30.3 Å². The zero-order valence-corrected chi connectivity index (χ0v) is 12.2. The predicted molar refractivity (Wildman–Crippen MR) is 78.1 cm³/mol. The van der Waals surface area contributed by atoms with E-state index in [9.17, 15) is 12.8 Å². The van der Waals surface area contributed by atoms with E-state index in [0.717, 1.165) is 6.07 Å². The number of nitrogen functional groups attached to an aromatic ring is 1. The monoisotopic (exact) mass is 334 g/mol. The van der Waals surface area contributed by atoms with Gasteiger partial charge in [-0.1, -0.05) is 23.2 Å². The Balaban J connectivity index is 2.43. The van der Waals surface area contributed by atoms with Gasteiger partial charge in [-0.25, -0.2) is 12.8 Å². The Morgan fingerprint density at radius 2 is 1.65 bits per heavy atom. The highest BCUT2D eigenvalue weighted by Gasteiger charge is 2.17. The highest BCUT2D eigenvalue weighted by molar-refractivity contribution is 7.92. The fourth-order valence-electron chi connectivity index (χ4n) is 1.51. The number of rotatable bonds is 3. The number of sulfonamides is 1. The summed E-state index contributed by atoms with van der Waals surface area (Å²) in [5.74, 6) is -0.740. The zero-order valence-electron chi connectivity index (χ0n) is 9.90. The molecular weight excluding hydrogens is 326 g/mol. The van der Waals surface area contributed by atoms with Crippen molar-refractivity contribution in [1.29, 1.82) is 0 Å². The van der Waals surface area contributed by atoms with Gasteiger partial charge in [-0.05, 0) is 36.4 Å². The van der Waals surface area contributed by atoms with Crippen LogP contribution in [0.25, 0.3) is 0 Å². The van der Waals surface area contributed by atoms with Crippen LogP contribution in [0.2, 0.25) is 10.0 Å². The second-order valence-electron chi connectivity index (χ2n) is 3.95. The van der Waals surface area contributed by atoms with Crippen LogP contribution in [-0.2, 0) is 10.0 Å². The summed E-state index contributed by atoms with van der Waals surface area (Å²) < 4.78 is 39.9. The van der Waals surface area contributed by atoms with Gasteiger partial charge in [0.2, 0.25) is 0 Å². The molecule has 0 amide bonds. The van der Waals surface area contributed by atoms with Gasteiger partial charge in [-0.3, -0.25) is 4.72 Å². The van der Waals surface area contributed by atoms with Gasteiger partial charge in [-0.15, -0.1) is 0 Å². The predicted octanol–water partition coefficient (Wildman–Crippen LogP) is 3.52. The Morgan fingerprint density at radius 3 is 2.25 bits per heavy atom. The van der Waals surface area contributed by atoms with Gasteiger partial charge in [-0.2, -0.15) is 0 Å². The number of hydrogen-bond donors (Lipinski definition) is 2. The Bertz CT molecular complexity index is 746. The van der Waals surface area contributed by atoms with Crippen molar-refractivity contribution in [2.75, 3.05) is 10.5 Å². The van der Waals surface area contributed by atoms with Crippen LogP contribution in [0.15, 0.2) is 41.3 Å². The molecule has 0 spiro atoms. The van der Waals surface area contributed by atoms with E-state index in [1.54, 1.807) is 0 Å². The summed E-state index contributed by atoms with van der Waals surface area (Å²) in [4.78, 5) is -0.170.